The van der Waals surface area contributed by atoms with Crippen molar-refractivity contribution in [3.63, 3.8) is 0 Å². The first-order valence-electron chi connectivity index (χ1n) is 12.0. The minimum Gasteiger partial charge on any atom is -0.378 e. The van der Waals surface area contributed by atoms with Crippen LogP contribution in [0.3, 0.4) is 0 Å². The largest absolute Gasteiger partial charge is 0.378 e. The average molecular weight is 571 g/mol. The number of morpholine rings is 1. The Morgan fingerprint density at radius 1 is 1.13 bits per heavy atom. The summed E-state index contributed by atoms with van der Waals surface area (Å²) < 4.78 is 19.5. The van der Waals surface area contributed by atoms with Crippen molar-refractivity contribution in [1.82, 2.24) is 15.1 Å². The summed E-state index contributed by atoms with van der Waals surface area (Å²) in [5, 5.41) is 11.2. The molecule has 3 heterocycles. The molecular weight excluding hydrogens is 547 g/mol. The minimum atomic E-state index is -0.524. The average Bonchev–Trinajstić information content (AvgIpc) is 3.62. The Morgan fingerprint density at radius 2 is 1.95 bits per heavy atom. The molecule has 196 valence electrons. The smallest absolute Gasteiger partial charge is 0.255 e. The van der Waals surface area contributed by atoms with Gasteiger partial charge < -0.3 is 15.0 Å². The molecule has 2 atom stereocenters. The van der Waals surface area contributed by atoms with Crippen LogP contribution in [-0.2, 0) is 9.53 Å². The van der Waals surface area contributed by atoms with Crippen molar-refractivity contribution in [3.05, 3.63) is 87.0 Å². The molecule has 1 saturated heterocycles. The zero-order valence-corrected chi connectivity index (χ0v) is 22.8. The Hall–Kier alpha value is -3.18. The van der Waals surface area contributed by atoms with Crippen LogP contribution >= 0.6 is 34.3 Å². The van der Waals surface area contributed by atoms with E-state index in [4.69, 9.17) is 16.3 Å². The Balaban J connectivity index is 1.42. The maximum atomic E-state index is 14.2. The van der Waals surface area contributed by atoms with Gasteiger partial charge in [0.1, 0.15) is 11.3 Å². The Labute approximate surface area is 232 Å². The molecule has 0 radical (unpaired) electrons. The van der Waals surface area contributed by atoms with Gasteiger partial charge in [0.05, 0.1) is 23.8 Å². The summed E-state index contributed by atoms with van der Waals surface area (Å²) in [7, 11) is 0. The number of benzene rings is 2. The second-order valence-corrected chi connectivity index (χ2v) is 11.2. The van der Waals surface area contributed by atoms with E-state index in [0.717, 1.165) is 15.3 Å². The molecule has 5 rings (SSSR count). The molecule has 0 unspecified atom stereocenters. The fraction of sp³-hybridized carbons (Fsp3) is 0.259. The van der Waals surface area contributed by atoms with Crippen LogP contribution in [0.15, 0.2) is 60.1 Å². The normalized spacial score (nSPS) is 15.2. The first-order chi connectivity index (χ1) is 18.4. The van der Waals surface area contributed by atoms with Gasteiger partial charge in [0.2, 0.25) is 11.0 Å². The second kappa shape index (κ2) is 11.7. The zero-order chi connectivity index (χ0) is 26.6. The van der Waals surface area contributed by atoms with Crippen LogP contribution in [0.2, 0.25) is 5.02 Å². The quantitative estimate of drug-likeness (QED) is 0.297. The molecule has 0 bridgehead atoms. The predicted molar refractivity (Wildman–Crippen MR) is 147 cm³/mol. The molecule has 1 aliphatic heterocycles. The van der Waals surface area contributed by atoms with Crippen LogP contribution < -0.4 is 5.32 Å². The Bertz CT molecular complexity index is 1440. The molecule has 1 aliphatic rings. The molecule has 7 nitrogen and oxygen atoms in total. The SMILES string of the molecule is C[C@@H](C(=O)Nc1nncs1)[C@@H](c1cccc(F)c1)c1ccc(-c2ccc(C(=O)N3CCOCC3)c(Cl)c2)s1. The molecule has 11 heteroatoms. The fourth-order valence-corrected chi connectivity index (χ4v) is 6.40. The summed E-state index contributed by atoms with van der Waals surface area (Å²) in [6.07, 6.45) is 0. The van der Waals surface area contributed by atoms with Crippen LogP contribution in [-0.4, -0.2) is 53.2 Å². The second-order valence-electron chi connectivity index (χ2n) is 8.86. The van der Waals surface area contributed by atoms with Gasteiger partial charge in [-0.25, -0.2) is 4.39 Å². The summed E-state index contributed by atoms with van der Waals surface area (Å²) >= 11 is 9.29. The number of thiophene rings is 1. The molecule has 0 saturated carbocycles. The highest BCUT2D eigenvalue weighted by Crippen LogP contribution is 2.40. The highest BCUT2D eigenvalue weighted by molar-refractivity contribution is 7.15. The summed E-state index contributed by atoms with van der Waals surface area (Å²) in [6, 6.07) is 15.6. The lowest BCUT2D eigenvalue weighted by Crippen LogP contribution is -2.40. The highest BCUT2D eigenvalue weighted by atomic mass is 35.5. The molecule has 2 amide bonds. The van der Waals surface area contributed by atoms with E-state index in [-0.39, 0.29) is 17.6 Å². The van der Waals surface area contributed by atoms with Gasteiger partial charge in [-0.3, -0.25) is 9.59 Å². The van der Waals surface area contributed by atoms with Crippen LogP contribution in [0.5, 0.6) is 0 Å². The van der Waals surface area contributed by atoms with Gasteiger partial charge in [-0.05, 0) is 47.5 Å². The maximum absolute atomic E-state index is 14.2. The molecule has 2 aromatic carbocycles. The van der Waals surface area contributed by atoms with E-state index in [9.17, 15) is 14.0 Å². The predicted octanol–water partition coefficient (Wildman–Crippen LogP) is 5.94. The number of rotatable bonds is 7. The number of nitrogens with zero attached hydrogens (tertiary/aromatic N) is 3. The minimum absolute atomic E-state index is 0.113. The number of aromatic nitrogens is 2. The topological polar surface area (TPSA) is 84.4 Å². The van der Waals surface area contributed by atoms with Crippen molar-refractivity contribution in [2.45, 2.75) is 12.8 Å². The Kier molecular flexibility index (Phi) is 8.13. The number of ether oxygens (including phenoxy) is 1. The lowest BCUT2D eigenvalue weighted by Gasteiger charge is -2.27. The van der Waals surface area contributed by atoms with E-state index in [2.05, 4.69) is 15.5 Å². The van der Waals surface area contributed by atoms with Gasteiger partial charge in [-0.1, -0.05) is 48.1 Å². The Morgan fingerprint density at radius 3 is 2.66 bits per heavy atom. The molecule has 2 aromatic heterocycles. The number of hydrogen-bond donors (Lipinski definition) is 1. The number of carbonyl (C=O) groups excluding carboxylic acids is 2. The summed E-state index contributed by atoms with van der Waals surface area (Å²) in [4.78, 5) is 29.6. The number of hydrogen-bond acceptors (Lipinski definition) is 7. The van der Waals surface area contributed by atoms with Crippen molar-refractivity contribution < 1.29 is 18.7 Å². The summed E-state index contributed by atoms with van der Waals surface area (Å²) in [5.74, 6) is -1.63. The number of anilines is 1. The van der Waals surface area contributed by atoms with Crippen molar-refractivity contribution >= 4 is 51.2 Å². The zero-order valence-electron chi connectivity index (χ0n) is 20.4. The molecule has 4 aromatic rings. The highest BCUT2D eigenvalue weighted by Gasteiger charge is 2.30. The van der Waals surface area contributed by atoms with Crippen LogP contribution in [0.4, 0.5) is 9.52 Å². The van der Waals surface area contributed by atoms with Crippen LogP contribution in [0.1, 0.15) is 33.6 Å². The van der Waals surface area contributed by atoms with E-state index in [1.54, 1.807) is 28.6 Å². The van der Waals surface area contributed by atoms with Crippen molar-refractivity contribution in [2.75, 3.05) is 31.6 Å². The molecule has 0 spiro atoms. The standard InChI is InChI=1S/C27H24ClFN4O3S2/c1-16(25(34)31-27-32-30-15-37-27)24(18-3-2-4-19(29)13-18)23-8-7-22(38-23)17-5-6-20(21(28)14-17)26(35)33-9-11-36-12-10-33/h2-8,13-16,24H,9-12H2,1H3,(H,31,32,34)/t16-,24+/m1/s1. The van der Waals surface area contributed by atoms with Gasteiger partial charge in [0.15, 0.2) is 0 Å². The third-order valence-corrected chi connectivity index (χ3v) is 8.56. The van der Waals surface area contributed by atoms with Gasteiger partial charge in [0.25, 0.3) is 5.91 Å². The van der Waals surface area contributed by atoms with E-state index in [0.29, 0.717) is 47.6 Å². The first-order valence-corrected chi connectivity index (χ1v) is 14.1. The monoisotopic (exact) mass is 570 g/mol. The molecule has 1 N–H and O–H groups in total. The van der Waals surface area contributed by atoms with Crippen molar-refractivity contribution in [1.29, 1.82) is 0 Å². The van der Waals surface area contributed by atoms with Gasteiger partial charge in [-0.2, -0.15) is 0 Å². The van der Waals surface area contributed by atoms with Gasteiger partial charge >= 0.3 is 0 Å². The number of amides is 2. The first kappa shape index (κ1) is 26.4. The molecule has 1 fully saturated rings. The fourth-order valence-electron chi connectivity index (χ4n) is 4.45. The van der Waals surface area contributed by atoms with Crippen LogP contribution in [0.25, 0.3) is 10.4 Å². The number of halogens is 2. The summed E-state index contributed by atoms with van der Waals surface area (Å²) in [5.41, 5.74) is 3.55. The number of carbonyl (C=O) groups is 2. The van der Waals surface area contributed by atoms with E-state index in [1.165, 1.54) is 34.8 Å². The van der Waals surface area contributed by atoms with Gasteiger partial charge in [-0.15, -0.1) is 21.5 Å². The van der Waals surface area contributed by atoms with Crippen molar-refractivity contribution in [3.8, 4) is 10.4 Å². The van der Waals surface area contributed by atoms with Crippen LogP contribution in [0, 0.1) is 11.7 Å². The number of nitrogens with one attached hydrogen (secondary N) is 1. The maximum Gasteiger partial charge on any atom is 0.255 e. The third-order valence-electron chi connectivity index (χ3n) is 6.43. The van der Waals surface area contributed by atoms with Crippen molar-refractivity contribution in [2.24, 2.45) is 5.92 Å². The van der Waals surface area contributed by atoms with E-state index >= 15 is 0 Å². The van der Waals surface area contributed by atoms with Gasteiger partial charge in [0, 0.05) is 34.7 Å². The van der Waals surface area contributed by atoms with E-state index < -0.39 is 11.8 Å². The molecule has 38 heavy (non-hydrogen) atoms. The lowest BCUT2D eigenvalue weighted by molar-refractivity contribution is -0.119. The molecule has 0 aliphatic carbocycles. The third kappa shape index (κ3) is 5.78. The lowest BCUT2D eigenvalue weighted by atomic mass is 9.85. The van der Waals surface area contributed by atoms with E-state index in [1.807, 2.05) is 31.2 Å². The summed E-state index contributed by atoms with van der Waals surface area (Å²) in [6.45, 7) is 3.93. The molecular formula is C27H24ClFN4O3S2.